The van der Waals surface area contributed by atoms with Crippen molar-refractivity contribution in [2.45, 2.75) is 19.4 Å². The zero-order valence-electron chi connectivity index (χ0n) is 11.6. The normalized spacial score (nSPS) is 13.7. The molecule has 1 aromatic rings. The average molecular weight is 286 g/mol. The number of aromatic nitrogens is 1. The monoisotopic (exact) mass is 286 g/mol. The fraction of sp³-hybridized carbons (Fsp3) is 0.583. The largest absolute Gasteiger partial charge is 0.320 e. The quantitative estimate of drug-likeness (QED) is 0.683. The molecule has 0 aliphatic rings. The van der Waals surface area contributed by atoms with Crippen molar-refractivity contribution in [3.05, 3.63) is 30.1 Å². The van der Waals surface area contributed by atoms with Gasteiger partial charge < -0.3 is 5.32 Å². The van der Waals surface area contributed by atoms with Gasteiger partial charge in [0.25, 0.3) is 10.2 Å². The highest BCUT2D eigenvalue weighted by molar-refractivity contribution is 7.87. The van der Waals surface area contributed by atoms with E-state index in [9.17, 15) is 8.42 Å². The molecule has 108 valence electrons. The molecular weight excluding hydrogens is 264 g/mol. The summed E-state index contributed by atoms with van der Waals surface area (Å²) in [5.41, 5.74) is 0.842. The van der Waals surface area contributed by atoms with E-state index in [0.29, 0.717) is 6.54 Å². The Hall–Kier alpha value is -1.02. The molecule has 0 spiro atoms. The van der Waals surface area contributed by atoms with Crippen LogP contribution in [0.25, 0.3) is 0 Å². The number of nitrogens with zero attached hydrogens (tertiary/aromatic N) is 2. The minimum atomic E-state index is -3.46. The van der Waals surface area contributed by atoms with Gasteiger partial charge in [-0.2, -0.15) is 17.4 Å². The first-order valence-corrected chi connectivity index (χ1v) is 7.69. The van der Waals surface area contributed by atoms with Crippen LogP contribution in [-0.4, -0.2) is 44.9 Å². The summed E-state index contributed by atoms with van der Waals surface area (Å²) in [6.45, 7) is 3.07. The SMILES string of the molecule is CNCCCN(C)S(=O)(=O)NC(C)c1cccnc1. The Kier molecular flexibility index (Phi) is 6.36. The molecule has 6 nitrogen and oxygen atoms in total. The predicted molar refractivity (Wildman–Crippen MR) is 75.9 cm³/mol. The zero-order valence-corrected chi connectivity index (χ0v) is 12.4. The van der Waals surface area contributed by atoms with Crippen LogP contribution in [0.15, 0.2) is 24.5 Å². The summed E-state index contributed by atoms with van der Waals surface area (Å²) < 4.78 is 28.1. The fourth-order valence-electron chi connectivity index (χ4n) is 1.61. The summed E-state index contributed by atoms with van der Waals surface area (Å²) in [5.74, 6) is 0. The van der Waals surface area contributed by atoms with Crippen LogP contribution in [0.4, 0.5) is 0 Å². The third-order valence-corrected chi connectivity index (χ3v) is 4.47. The Morgan fingerprint density at radius 1 is 1.47 bits per heavy atom. The molecule has 0 aliphatic carbocycles. The van der Waals surface area contributed by atoms with Crippen LogP contribution in [0.3, 0.4) is 0 Å². The number of pyridine rings is 1. The molecule has 0 saturated carbocycles. The molecule has 0 radical (unpaired) electrons. The first-order valence-electron chi connectivity index (χ1n) is 6.25. The Bertz CT molecular complexity index is 464. The first-order chi connectivity index (χ1) is 8.97. The molecule has 0 saturated heterocycles. The molecule has 2 N–H and O–H groups in total. The van der Waals surface area contributed by atoms with Crippen molar-refractivity contribution in [3.63, 3.8) is 0 Å². The molecule has 0 amide bonds. The Labute approximate surface area is 115 Å². The first kappa shape index (κ1) is 16.0. The number of rotatable bonds is 8. The Balaban J connectivity index is 2.59. The van der Waals surface area contributed by atoms with E-state index in [1.807, 2.05) is 13.1 Å². The second kappa shape index (κ2) is 7.54. The summed E-state index contributed by atoms with van der Waals surface area (Å²) >= 11 is 0. The molecule has 1 atom stereocenters. The van der Waals surface area contributed by atoms with Crippen molar-refractivity contribution in [1.29, 1.82) is 0 Å². The van der Waals surface area contributed by atoms with Gasteiger partial charge in [0.05, 0.1) is 0 Å². The minimum Gasteiger partial charge on any atom is -0.320 e. The topological polar surface area (TPSA) is 74.3 Å². The standard InChI is InChI=1S/C12H22N4O2S/c1-11(12-6-4-8-14-10-12)15-19(17,18)16(3)9-5-7-13-2/h4,6,8,10-11,13,15H,5,7,9H2,1-3H3. The van der Waals surface area contributed by atoms with Crippen LogP contribution >= 0.6 is 0 Å². The third-order valence-electron chi connectivity index (χ3n) is 2.82. The molecule has 0 bridgehead atoms. The van der Waals surface area contributed by atoms with Crippen LogP contribution in [0, 0.1) is 0 Å². The summed E-state index contributed by atoms with van der Waals surface area (Å²) in [4.78, 5) is 3.98. The lowest BCUT2D eigenvalue weighted by Crippen LogP contribution is -2.40. The highest BCUT2D eigenvalue weighted by atomic mass is 32.2. The predicted octanol–water partition coefficient (Wildman–Crippen LogP) is 0.518. The van der Waals surface area contributed by atoms with Gasteiger partial charge >= 0.3 is 0 Å². The molecule has 0 fully saturated rings. The van der Waals surface area contributed by atoms with Crippen LogP contribution < -0.4 is 10.0 Å². The number of hydrogen-bond donors (Lipinski definition) is 2. The summed E-state index contributed by atoms with van der Waals surface area (Å²) in [5, 5.41) is 2.99. The van der Waals surface area contributed by atoms with Gasteiger partial charge in [0.1, 0.15) is 0 Å². The minimum absolute atomic E-state index is 0.301. The maximum absolute atomic E-state index is 12.1. The van der Waals surface area contributed by atoms with Crippen LogP contribution in [-0.2, 0) is 10.2 Å². The van der Waals surface area contributed by atoms with Gasteiger partial charge in [-0.1, -0.05) is 6.07 Å². The molecule has 1 aromatic heterocycles. The van der Waals surface area contributed by atoms with Crippen molar-refractivity contribution < 1.29 is 8.42 Å². The van der Waals surface area contributed by atoms with Gasteiger partial charge in [-0.3, -0.25) is 4.98 Å². The summed E-state index contributed by atoms with van der Waals surface area (Å²) in [6.07, 6.45) is 4.10. The van der Waals surface area contributed by atoms with Crippen molar-refractivity contribution in [2.75, 3.05) is 27.2 Å². The van der Waals surface area contributed by atoms with Gasteiger partial charge in [0.15, 0.2) is 0 Å². The van der Waals surface area contributed by atoms with Crippen LogP contribution in [0.5, 0.6) is 0 Å². The van der Waals surface area contributed by atoms with E-state index in [2.05, 4.69) is 15.0 Å². The van der Waals surface area contributed by atoms with Gasteiger partial charge in [0.2, 0.25) is 0 Å². The average Bonchev–Trinajstić information content (AvgIpc) is 2.39. The van der Waals surface area contributed by atoms with E-state index >= 15 is 0 Å². The van der Waals surface area contributed by atoms with Crippen molar-refractivity contribution in [2.24, 2.45) is 0 Å². The molecule has 1 heterocycles. The number of hydrogen-bond acceptors (Lipinski definition) is 4. The van der Waals surface area contributed by atoms with Gasteiger partial charge in [-0.25, -0.2) is 0 Å². The lowest BCUT2D eigenvalue weighted by Gasteiger charge is -2.21. The molecule has 0 aromatic carbocycles. The van der Waals surface area contributed by atoms with Crippen LogP contribution in [0.2, 0.25) is 0 Å². The maximum Gasteiger partial charge on any atom is 0.279 e. The molecule has 19 heavy (non-hydrogen) atoms. The third kappa shape index (κ3) is 5.23. The molecule has 1 unspecified atom stereocenters. The maximum atomic E-state index is 12.1. The van der Waals surface area contributed by atoms with E-state index in [0.717, 1.165) is 18.5 Å². The second-order valence-electron chi connectivity index (χ2n) is 4.41. The summed E-state index contributed by atoms with van der Waals surface area (Å²) in [7, 11) is -0.0385. The number of nitrogens with one attached hydrogen (secondary N) is 2. The highest BCUT2D eigenvalue weighted by Crippen LogP contribution is 2.12. The van der Waals surface area contributed by atoms with Crippen molar-refractivity contribution >= 4 is 10.2 Å². The van der Waals surface area contributed by atoms with Gasteiger partial charge in [0, 0.05) is 32.0 Å². The van der Waals surface area contributed by atoms with Crippen molar-refractivity contribution in [3.8, 4) is 0 Å². The molecule has 0 aliphatic heterocycles. The lowest BCUT2D eigenvalue weighted by molar-refractivity contribution is 0.441. The second-order valence-corrected chi connectivity index (χ2v) is 6.22. The van der Waals surface area contributed by atoms with Gasteiger partial charge in [-0.15, -0.1) is 0 Å². The van der Waals surface area contributed by atoms with E-state index in [-0.39, 0.29) is 6.04 Å². The highest BCUT2D eigenvalue weighted by Gasteiger charge is 2.20. The van der Waals surface area contributed by atoms with Gasteiger partial charge in [-0.05, 0) is 38.6 Å². The fourth-order valence-corrected chi connectivity index (χ4v) is 2.74. The Morgan fingerprint density at radius 2 is 2.21 bits per heavy atom. The smallest absolute Gasteiger partial charge is 0.279 e. The van der Waals surface area contributed by atoms with E-state index in [1.54, 1.807) is 32.4 Å². The van der Waals surface area contributed by atoms with E-state index < -0.39 is 10.2 Å². The zero-order chi connectivity index (χ0) is 14.3. The Morgan fingerprint density at radius 3 is 2.79 bits per heavy atom. The molecule has 7 heteroatoms. The van der Waals surface area contributed by atoms with E-state index in [4.69, 9.17) is 0 Å². The van der Waals surface area contributed by atoms with Crippen molar-refractivity contribution in [1.82, 2.24) is 19.3 Å². The van der Waals surface area contributed by atoms with Crippen LogP contribution in [0.1, 0.15) is 24.9 Å². The summed E-state index contributed by atoms with van der Waals surface area (Å²) in [6, 6.07) is 3.34. The lowest BCUT2D eigenvalue weighted by atomic mass is 10.2. The molecular formula is C12H22N4O2S. The molecule has 1 rings (SSSR count). The van der Waals surface area contributed by atoms with E-state index in [1.165, 1.54) is 4.31 Å².